The maximum atomic E-state index is 9.47. The van der Waals surface area contributed by atoms with Gasteiger partial charge in [0.1, 0.15) is 6.10 Å². The molecule has 0 aliphatic heterocycles. The van der Waals surface area contributed by atoms with E-state index < -0.39 is 11.8 Å². The highest BCUT2D eigenvalue weighted by Gasteiger charge is 2.18. The summed E-state index contributed by atoms with van der Waals surface area (Å²) in [4.78, 5) is 9.47. The summed E-state index contributed by atoms with van der Waals surface area (Å²) in [5.41, 5.74) is 4.78. The average molecular weight is 291 g/mol. The molecule has 0 aliphatic carbocycles. The van der Waals surface area contributed by atoms with Crippen LogP contribution in [0.15, 0.2) is 24.3 Å². The molecule has 1 rings (SSSR count). The molecule has 0 spiro atoms. The first-order chi connectivity index (χ1) is 7.83. The van der Waals surface area contributed by atoms with Crippen molar-refractivity contribution in [1.82, 2.24) is 0 Å². The van der Waals surface area contributed by atoms with E-state index in [1.165, 1.54) is 5.56 Å². The fourth-order valence-corrected chi connectivity index (χ4v) is 2.72. The second kappa shape index (κ2) is 6.32. The van der Waals surface area contributed by atoms with Crippen LogP contribution in [-0.2, 0) is 16.3 Å². The van der Waals surface area contributed by atoms with Crippen LogP contribution in [0, 0.1) is 0 Å². The standard InChI is InChI=1S/C11H18NO2PS2/c1-8(2)9-4-3-5-10(6-9)11(7-12)14-15(13,16)17/h3-6,8,11H,7,12H2,1-2H3,(H2,13,16,17). The van der Waals surface area contributed by atoms with Crippen LogP contribution in [0.25, 0.3) is 0 Å². The SMILES string of the molecule is CC(C)c1cccc(C(CN)OP(O)(=S)S)c1. The zero-order chi connectivity index (χ0) is 13.1. The maximum absolute atomic E-state index is 9.47. The lowest BCUT2D eigenvalue weighted by Crippen LogP contribution is -2.14. The number of rotatable bonds is 5. The molecule has 3 N–H and O–H groups in total. The number of thiol groups is 1. The largest absolute Gasteiger partial charge is 0.338 e. The van der Waals surface area contributed by atoms with E-state index in [1.54, 1.807) is 0 Å². The van der Waals surface area contributed by atoms with Crippen molar-refractivity contribution in [2.75, 3.05) is 6.54 Å². The molecule has 1 aromatic rings. The molecule has 0 bridgehead atoms. The first-order valence-electron chi connectivity index (χ1n) is 5.37. The van der Waals surface area contributed by atoms with Gasteiger partial charge in [-0.1, -0.05) is 50.4 Å². The van der Waals surface area contributed by atoms with Gasteiger partial charge < -0.3 is 15.2 Å². The summed E-state index contributed by atoms with van der Waals surface area (Å²) in [5.74, 6) is 0.432. The second-order valence-electron chi connectivity index (χ2n) is 4.15. The monoisotopic (exact) mass is 291 g/mol. The van der Waals surface area contributed by atoms with Crippen molar-refractivity contribution in [2.24, 2.45) is 5.73 Å². The Morgan fingerprint density at radius 2 is 2.06 bits per heavy atom. The Morgan fingerprint density at radius 3 is 2.53 bits per heavy atom. The summed E-state index contributed by atoms with van der Waals surface area (Å²) in [6, 6.07) is 7.96. The maximum Gasteiger partial charge on any atom is 0.242 e. The summed E-state index contributed by atoms with van der Waals surface area (Å²) in [6.45, 7) is 4.50. The highest BCUT2D eigenvalue weighted by atomic mass is 32.9. The lowest BCUT2D eigenvalue weighted by atomic mass is 9.99. The average Bonchev–Trinajstić information content (AvgIpc) is 2.25. The first-order valence-corrected chi connectivity index (χ1v) is 9.20. The van der Waals surface area contributed by atoms with Crippen molar-refractivity contribution in [2.45, 2.75) is 25.9 Å². The predicted molar refractivity (Wildman–Crippen MR) is 78.9 cm³/mol. The van der Waals surface area contributed by atoms with Crippen LogP contribution < -0.4 is 5.73 Å². The molecule has 0 saturated heterocycles. The van der Waals surface area contributed by atoms with Crippen LogP contribution >= 0.6 is 17.9 Å². The Labute approximate surface area is 113 Å². The van der Waals surface area contributed by atoms with E-state index in [2.05, 4.69) is 32.2 Å². The van der Waals surface area contributed by atoms with Gasteiger partial charge in [0.15, 0.2) is 0 Å². The minimum absolute atomic E-state index is 0.265. The summed E-state index contributed by atoms with van der Waals surface area (Å²) >= 11 is 8.63. The molecule has 2 unspecified atom stereocenters. The number of hydrogen-bond donors (Lipinski definition) is 3. The van der Waals surface area contributed by atoms with Crippen LogP contribution in [-0.4, -0.2) is 11.4 Å². The molecule has 17 heavy (non-hydrogen) atoms. The number of hydrogen-bond acceptors (Lipinski definition) is 3. The Hall–Kier alpha value is 0.1000. The van der Waals surface area contributed by atoms with E-state index in [9.17, 15) is 4.89 Å². The Bertz CT molecular complexity index is 420. The van der Waals surface area contributed by atoms with E-state index >= 15 is 0 Å². The fourth-order valence-electron chi connectivity index (χ4n) is 1.52. The molecule has 0 aromatic heterocycles. The molecular weight excluding hydrogens is 273 g/mol. The van der Waals surface area contributed by atoms with Gasteiger partial charge in [0.2, 0.25) is 5.69 Å². The summed E-state index contributed by atoms with van der Waals surface area (Å²) in [6.07, 6.45) is -0.401. The van der Waals surface area contributed by atoms with Crippen molar-refractivity contribution in [3.05, 3.63) is 35.4 Å². The van der Waals surface area contributed by atoms with Crippen LogP contribution in [0.3, 0.4) is 0 Å². The van der Waals surface area contributed by atoms with Crippen LogP contribution in [0.5, 0.6) is 0 Å². The molecule has 0 radical (unpaired) electrons. The minimum Gasteiger partial charge on any atom is -0.338 e. The van der Waals surface area contributed by atoms with Crippen molar-refractivity contribution < 1.29 is 9.42 Å². The van der Waals surface area contributed by atoms with Gasteiger partial charge in [-0.3, -0.25) is 0 Å². The van der Waals surface area contributed by atoms with Crippen LogP contribution in [0.2, 0.25) is 0 Å². The topological polar surface area (TPSA) is 55.5 Å². The third-order valence-corrected chi connectivity index (χ3v) is 3.50. The van der Waals surface area contributed by atoms with E-state index in [0.717, 1.165) is 5.56 Å². The van der Waals surface area contributed by atoms with Crippen molar-refractivity contribution >= 4 is 29.7 Å². The van der Waals surface area contributed by atoms with Gasteiger partial charge in [0.25, 0.3) is 0 Å². The lowest BCUT2D eigenvalue weighted by Gasteiger charge is -2.20. The van der Waals surface area contributed by atoms with Gasteiger partial charge in [0, 0.05) is 6.54 Å². The summed E-state index contributed by atoms with van der Waals surface area (Å²) < 4.78 is 5.33. The van der Waals surface area contributed by atoms with Gasteiger partial charge in [-0.15, -0.1) is 0 Å². The predicted octanol–water partition coefficient (Wildman–Crippen LogP) is 2.97. The van der Waals surface area contributed by atoms with Gasteiger partial charge >= 0.3 is 0 Å². The second-order valence-corrected chi connectivity index (χ2v) is 9.26. The van der Waals surface area contributed by atoms with Gasteiger partial charge in [0.05, 0.1) is 0 Å². The summed E-state index contributed by atoms with van der Waals surface area (Å²) in [5, 5.41) is 0. The Kier molecular flexibility index (Phi) is 5.64. The molecule has 0 fully saturated rings. The van der Waals surface area contributed by atoms with E-state index in [4.69, 9.17) is 22.1 Å². The van der Waals surface area contributed by atoms with E-state index in [-0.39, 0.29) is 6.54 Å². The summed E-state index contributed by atoms with van der Waals surface area (Å²) in [7, 11) is 0. The molecule has 0 aliphatic rings. The number of benzene rings is 1. The Morgan fingerprint density at radius 1 is 1.47 bits per heavy atom. The molecule has 0 heterocycles. The lowest BCUT2D eigenvalue weighted by molar-refractivity contribution is 0.221. The van der Waals surface area contributed by atoms with Crippen LogP contribution in [0.4, 0.5) is 0 Å². The van der Waals surface area contributed by atoms with Gasteiger partial charge in [-0.05, 0) is 28.9 Å². The molecule has 96 valence electrons. The van der Waals surface area contributed by atoms with Gasteiger partial charge in [-0.25, -0.2) is 0 Å². The normalized spacial score (nSPS) is 16.8. The van der Waals surface area contributed by atoms with E-state index in [0.29, 0.717) is 5.92 Å². The molecule has 3 nitrogen and oxygen atoms in total. The number of nitrogens with two attached hydrogens (primary N) is 1. The van der Waals surface area contributed by atoms with Gasteiger partial charge in [-0.2, -0.15) is 0 Å². The first kappa shape index (κ1) is 15.2. The molecule has 6 heteroatoms. The smallest absolute Gasteiger partial charge is 0.242 e. The van der Waals surface area contributed by atoms with Crippen molar-refractivity contribution in [3.8, 4) is 0 Å². The van der Waals surface area contributed by atoms with Crippen molar-refractivity contribution in [1.29, 1.82) is 0 Å². The van der Waals surface area contributed by atoms with Crippen LogP contribution in [0.1, 0.15) is 37.0 Å². The third kappa shape index (κ3) is 5.08. The molecular formula is C11H18NO2PS2. The highest BCUT2D eigenvalue weighted by Crippen LogP contribution is 2.51. The van der Waals surface area contributed by atoms with Crippen molar-refractivity contribution in [3.63, 3.8) is 0 Å². The van der Waals surface area contributed by atoms with E-state index in [1.807, 2.05) is 18.2 Å². The zero-order valence-electron chi connectivity index (χ0n) is 9.91. The zero-order valence-corrected chi connectivity index (χ0v) is 12.5. The Balaban J connectivity index is 2.96. The molecule has 0 saturated carbocycles. The molecule has 1 aromatic carbocycles. The molecule has 2 atom stereocenters. The third-order valence-electron chi connectivity index (χ3n) is 2.43. The molecule has 0 amide bonds. The quantitative estimate of drug-likeness (QED) is 0.576. The fraction of sp³-hybridized carbons (Fsp3) is 0.455. The highest BCUT2D eigenvalue weighted by molar-refractivity contribution is 8.59. The minimum atomic E-state index is -2.99.